The Hall–Kier alpha value is -3.93. The molecule has 0 aliphatic carbocycles. The molecule has 0 aromatic heterocycles. The average molecular weight is 442 g/mol. The number of aryl methyl sites for hydroxylation is 1. The summed E-state index contributed by atoms with van der Waals surface area (Å²) >= 11 is 0. The van der Waals surface area contributed by atoms with Crippen LogP contribution in [0.15, 0.2) is 78.9 Å². The number of nitrogens with one attached hydrogen (secondary N) is 2. The Morgan fingerprint density at radius 3 is 2.33 bits per heavy atom. The summed E-state index contributed by atoms with van der Waals surface area (Å²) in [4.78, 5) is 40.5. The molecule has 0 saturated carbocycles. The van der Waals surface area contributed by atoms with Gasteiger partial charge in [0.25, 0.3) is 0 Å². The Kier molecular flexibility index (Phi) is 6.54. The van der Waals surface area contributed by atoms with Crippen LogP contribution >= 0.6 is 0 Å². The zero-order valence-electron chi connectivity index (χ0n) is 18.7. The van der Waals surface area contributed by atoms with Gasteiger partial charge in [0.2, 0.25) is 17.7 Å². The fourth-order valence-electron chi connectivity index (χ4n) is 4.21. The van der Waals surface area contributed by atoms with Gasteiger partial charge in [0.1, 0.15) is 6.04 Å². The molecule has 168 valence electrons. The second kappa shape index (κ2) is 9.69. The minimum Gasteiger partial charge on any atom is -0.344 e. The van der Waals surface area contributed by atoms with Gasteiger partial charge in [0, 0.05) is 31.3 Å². The summed E-state index contributed by atoms with van der Waals surface area (Å²) in [5.74, 6) is -1.31. The third kappa shape index (κ3) is 4.95. The first-order valence-corrected chi connectivity index (χ1v) is 11.0. The number of carbonyl (C=O) groups is 3. The Bertz CT molecular complexity index is 1160. The van der Waals surface area contributed by atoms with Crippen LogP contribution in [0.4, 0.5) is 11.4 Å². The molecule has 3 aromatic carbocycles. The van der Waals surface area contributed by atoms with Crippen LogP contribution < -0.4 is 15.5 Å². The summed E-state index contributed by atoms with van der Waals surface area (Å²) < 4.78 is 0. The van der Waals surface area contributed by atoms with Crippen LogP contribution in [0.1, 0.15) is 29.0 Å². The SMILES string of the molecule is Cc1cccc2c1NC(=O)C2CC(=O)NC(Cc1ccccc1)C(=O)N(C)c1ccccc1. The van der Waals surface area contributed by atoms with E-state index < -0.39 is 12.0 Å². The molecule has 0 bridgehead atoms. The Labute approximate surface area is 193 Å². The lowest BCUT2D eigenvalue weighted by molar-refractivity contribution is -0.128. The highest BCUT2D eigenvalue weighted by Gasteiger charge is 2.34. The van der Waals surface area contributed by atoms with Crippen LogP contribution in [-0.4, -0.2) is 30.8 Å². The molecule has 33 heavy (non-hydrogen) atoms. The second-order valence-corrected chi connectivity index (χ2v) is 8.33. The van der Waals surface area contributed by atoms with Gasteiger partial charge in [0.05, 0.1) is 5.92 Å². The van der Waals surface area contributed by atoms with E-state index in [1.165, 1.54) is 0 Å². The summed E-state index contributed by atoms with van der Waals surface area (Å²) in [6, 6.07) is 23.8. The van der Waals surface area contributed by atoms with Crippen molar-refractivity contribution in [1.82, 2.24) is 5.32 Å². The topological polar surface area (TPSA) is 78.5 Å². The van der Waals surface area contributed by atoms with Crippen LogP contribution in [0.2, 0.25) is 0 Å². The highest BCUT2D eigenvalue weighted by atomic mass is 16.2. The molecule has 1 aliphatic rings. The van der Waals surface area contributed by atoms with Crippen molar-refractivity contribution in [2.75, 3.05) is 17.3 Å². The average Bonchev–Trinajstić information content (AvgIpc) is 3.15. The monoisotopic (exact) mass is 441 g/mol. The molecule has 2 N–H and O–H groups in total. The fraction of sp³-hybridized carbons (Fsp3) is 0.222. The summed E-state index contributed by atoms with van der Waals surface area (Å²) in [7, 11) is 1.70. The minimum atomic E-state index is -0.758. The number of rotatable bonds is 7. The van der Waals surface area contributed by atoms with E-state index >= 15 is 0 Å². The lowest BCUT2D eigenvalue weighted by Gasteiger charge is -2.25. The first-order chi connectivity index (χ1) is 15.9. The van der Waals surface area contributed by atoms with Gasteiger partial charge in [-0.05, 0) is 35.7 Å². The molecule has 6 heteroatoms. The van der Waals surface area contributed by atoms with E-state index in [9.17, 15) is 14.4 Å². The third-order valence-corrected chi connectivity index (χ3v) is 6.02. The predicted octanol–water partition coefficient (Wildman–Crippen LogP) is 3.81. The van der Waals surface area contributed by atoms with Gasteiger partial charge < -0.3 is 15.5 Å². The number of amides is 3. The molecule has 2 unspecified atom stereocenters. The van der Waals surface area contributed by atoms with E-state index in [-0.39, 0.29) is 24.1 Å². The van der Waals surface area contributed by atoms with Gasteiger partial charge in [-0.2, -0.15) is 0 Å². The molecule has 4 rings (SSSR count). The smallest absolute Gasteiger partial charge is 0.249 e. The van der Waals surface area contributed by atoms with Gasteiger partial charge in [-0.1, -0.05) is 66.7 Å². The van der Waals surface area contributed by atoms with Gasteiger partial charge in [-0.25, -0.2) is 0 Å². The lowest BCUT2D eigenvalue weighted by atomic mass is 9.95. The number of anilines is 2. The molecule has 1 aliphatic heterocycles. The number of hydrogen-bond acceptors (Lipinski definition) is 3. The number of para-hydroxylation sites is 2. The molecule has 0 saturated heterocycles. The van der Waals surface area contributed by atoms with E-state index in [4.69, 9.17) is 0 Å². The van der Waals surface area contributed by atoms with Gasteiger partial charge in [-0.15, -0.1) is 0 Å². The molecule has 0 spiro atoms. The van der Waals surface area contributed by atoms with Crippen LogP contribution in [0.5, 0.6) is 0 Å². The van der Waals surface area contributed by atoms with Crippen molar-refractivity contribution in [3.05, 3.63) is 95.6 Å². The molecule has 0 radical (unpaired) electrons. The minimum absolute atomic E-state index is 0.0179. The van der Waals surface area contributed by atoms with Crippen molar-refractivity contribution in [2.45, 2.75) is 31.7 Å². The Morgan fingerprint density at radius 1 is 0.970 bits per heavy atom. The predicted molar refractivity (Wildman–Crippen MR) is 129 cm³/mol. The highest BCUT2D eigenvalue weighted by Crippen LogP contribution is 2.36. The standard InChI is InChI=1S/C27H27N3O3/c1-18-10-9-15-21-22(26(32)29-25(18)21)17-24(31)28-23(16-19-11-5-3-6-12-19)27(33)30(2)20-13-7-4-8-14-20/h3-15,22-23H,16-17H2,1-2H3,(H,28,31)(H,29,32). The van der Waals surface area contributed by atoms with E-state index in [0.29, 0.717) is 6.42 Å². The van der Waals surface area contributed by atoms with Gasteiger partial charge in [0.15, 0.2) is 0 Å². The fourth-order valence-corrected chi connectivity index (χ4v) is 4.21. The molecule has 2 atom stereocenters. The maximum atomic E-state index is 13.4. The number of carbonyl (C=O) groups excluding carboxylic acids is 3. The maximum absolute atomic E-state index is 13.4. The number of nitrogens with zero attached hydrogens (tertiary/aromatic N) is 1. The summed E-state index contributed by atoms with van der Waals surface area (Å²) in [5.41, 5.74) is 4.25. The van der Waals surface area contributed by atoms with Crippen molar-refractivity contribution in [3.8, 4) is 0 Å². The van der Waals surface area contributed by atoms with Crippen LogP contribution in [0.25, 0.3) is 0 Å². The molecule has 1 heterocycles. The van der Waals surface area contributed by atoms with Gasteiger partial charge in [-0.3, -0.25) is 14.4 Å². The van der Waals surface area contributed by atoms with Crippen molar-refractivity contribution < 1.29 is 14.4 Å². The number of likely N-dealkylation sites (N-methyl/N-ethyl adjacent to an activating group) is 1. The molecule has 6 nitrogen and oxygen atoms in total. The molecule has 0 fully saturated rings. The van der Waals surface area contributed by atoms with E-state index in [0.717, 1.165) is 28.1 Å². The first kappa shape index (κ1) is 22.3. The quantitative estimate of drug-likeness (QED) is 0.585. The van der Waals surface area contributed by atoms with Crippen molar-refractivity contribution >= 4 is 29.1 Å². The van der Waals surface area contributed by atoms with Crippen LogP contribution in [0, 0.1) is 6.92 Å². The molecular formula is C27H27N3O3. The highest BCUT2D eigenvalue weighted by molar-refractivity contribution is 6.06. The van der Waals surface area contributed by atoms with E-state index in [1.807, 2.05) is 85.8 Å². The van der Waals surface area contributed by atoms with Gasteiger partial charge >= 0.3 is 0 Å². The normalized spacial score (nSPS) is 15.3. The Morgan fingerprint density at radius 2 is 1.64 bits per heavy atom. The summed E-state index contributed by atoms with van der Waals surface area (Å²) in [5, 5.41) is 5.78. The lowest BCUT2D eigenvalue weighted by Crippen LogP contribution is -2.49. The maximum Gasteiger partial charge on any atom is 0.249 e. The number of fused-ring (bicyclic) bond motifs is 1. The largest absolute Gasteiger partial charge is 0.344 e. The zero-order chi connectivity index (χ0) is 23.4. The molecule has 3 aromatic rings. The zero-order valence-corrected chi connectivity index (χ0v) is 18.7. The van der Waals surface area contributed by atoms with Crippen LogP contribution in [0.3, 0.4) is 0 Å². The van der Waals surface area contributed by atoms with Crippen molar-refractivity contribution in [3.63, 3.8) is 0 Å². The molecule has 3 amide bonds. The van der Waals surface area contributed by atoms with Crippen molar-refractivity contribution in [2.24, 2.45) is 0 Å². The van der Waals surface area contributed by atoms with E-state index in [2.05, 4.69) is 10.6 Å². The van der Waals surface area contributed by atoms with Crippen molar-refractivity contribution in [1.29, 1.82) is 0 Å². The van der Waals surface area contributed by atoms with E-state index in [1.54, 1.807) is 11.9 Å². The summed E-state index contributed by atoms with van der Waals surface area (Å²) in [6.07, 6.45) is 0.338. The first-order valence-electron chi connectivity index (χ1n) is 11.0. The Balaban J connectivity index is 1.52. The molecular weight excluding hydrogens is 414 g/mol. The number of hydrogen-bond donors (Lipinski definition) is 2. The summed E-state index contributed by atoms with van der Waals surface area (Å²) in [6.45, 7) is 1.93. The van der Waals surface area contributed by atoms with Crippen LogP contribution in [-0.2, 0) is 20.8 Å². The third-order valence-electron chi connectivity index (χ3n) is 6.02. The number of benzene rings is 3. The second-order valence-electron chi connectivity index (χ2n) is 8.33.